The van der Waals surface area contributed by atoms with Crippen LogP contribution in [0.25, 0.3) is 10.9 Å². The van der Waals surface area contributed by atoms with E-state index in [0.717, 1.165) is 52.4 Å². The molecule has 5 rings (SSSR count). The van der Waals surface area contributed by atoms with Crippen molar-refractivity contribution in [2.75, 3.05) is 20.8 Å². The minimum absolute atomic E-state index is 0.00397. The molecule has 1 aromatic heterocycles. The Hall–Kier alpha value is -3.44. The minimum atomic E-state index is 0.00397. The molecule has 2 N–H and O–H groups in total. The predicted octanol–water partition coefficient (Wildman–Crippen LogP) is 5.31. The van der Waals surface area contributed by atoms with Gasteiger partial charge in [0.2, 0.25) is 0 Å². The van der Waals surface area contributed by atoms with Crippen LogP contribution >= 0.6 is 0 Å². The van der Waals surface area contributed by atoms with Crippen LogP contribution in [0, 0.1) is 6.92 Å². The lowest BCUT2D eigenvalue weighted by Gasteiger charge is -2.27. The average molecular weight is 429 g/mol. The quantitative estimate of drug-likeness (QED) is 0.437. The van der Waals surface area contributed by atoms with Gasteiger partial charge in [0.15, 0.2) is 0 Å². The number of hydrogen-bond donors (Lipinski definition) is 2. The van der Waals surface area contributed by atoms with Crippen LogP contribution < -0.4 is 19.5 Å². The molecule has 1 aliphatic heterocycles. The Balaban J connectivity index is 1.51. The molecule has 164 valence electrons. The Labute approximate surface area is 188 Å². The van der Waals surface area contributed by atoms with Gasteiger partial charge in [-0.2, -0.15) is 0 Å². The van der Waals surface area contributed by atoms with Crippen LogP contribution in [0.3, 0.4) is 0 Å². The lowest BCUT2D eigenvalue weighted by atomic mass is 9.93. The highest BCUT2D eigenvalue weighted by molar-refractivity contribution is 5.87. The molecule has 1 aliphatic rings. The molecule has 4 aromatic rings. The van der Waals surface area contributed by atoms with Crippen molar-refractivity contribution >= 4 is 10.9 Å². The number of aryl methyl sites for hydroxylation is 1. The van der Waals surface area contributed by atoms with Gasteiger partial charge in [-0.15, -0.1) is 0 Å². The normalized spacial score (nSPS) is 15.4. The number of H-pyrrole nitrogens is 1. The third-order valence-corrected chi connectivity index (χ3v) is 6.23. The molecule has 3 aromatic carbocycles. The van der Waals surface area contributed by atoms with Crippen LogP contribution in [0.1, 0.15) is 34.0 Å². The van der Waals surface area contributed by atoms with Gasteiger partial charge in [0, 0.05) is 28.7 Å². The Morgan fingerprint density at radius 3 is 2.53 bits per heavy atom. The van der Waals surface area contributed by atoms with E-state index >= 15 is 0 Å². The number of fused-ring (bicyclic) bond motifs is 3. The topological polar surface area (TPSA) is 55.5 Å². The summed E-state index contributed by atoms with van der Waals surface area (Å²) in [7, 11) is 3.42. The zero-order chi connectivity index (χ0) is 22.1. The van der Waals surface area contributed by atoms with Crippen LogP contribution in [0.15, 0.2) is 60.7 Å². The first-order valence-corrected chi connectivity index (χ1v) is 10.9. The first-order chi connectivity index (χ1) is 15.7. The Morgan fingerprint density at radius 1 is 0.938 bits per heavy atom. The number of benzene rings is 3. The second kappa shape index (κ2) is 8.60. The Kier molecular flexibility index (Phi) is 5.50. The number of ether oxygens (including phenoxy) is 3. The van der Waals surface area contributed by atoms with E-state index in [1.54, 1.807) is 14.2 Å². The third-order valence-electron chi connectivity index (χ3n) is 6.23. The van der Waals surface area contributed by atoms with Crippen LogP contribution in [0.2, 0.25) is 0 Å². The van der Waals surface area contributed by atoms with Crippen molar-refractivity contribution in [2.24, 2.45) is 0 Å². The van der Waals surface area contributed by atoms with Crippen LogP contribution in [0.4, 0.5) is 0 Å². The van der Waals surface area contributed by atoms with Crippen LogP contribution in [0.5, 0.6) is 17.2 Å². The van der Waals surface area contributed by atoms with Gasteiger partial charge in [-0.1, -0.05) is 30.3 Å². The Bertz CT molecular complexity index is 1250. The van der Waals surface area contributed by atoms with Gasteiger partial charge in [-0.25, -0.2) is 0 Å². The van der Waals surface area contributed by atoms with E-state index < -0.39 is 0 Å². The molecule has 2 heterocycles. The maximum absolute atomic E-state index is 6.09. The number of aromatic nitrogens is 1. The molecule has 1 atom stereocenters. The number of methoxy groups -OCH3 is 2. The van der Waals surface area contributed by atoms with Gasteiger partial charge in [-0.05, 0) is 60.4 Å². The van der Waals surface area contributed by atoms with E-state index in [0.29, 0.717) is 6.61 Å². The van der Waals surface area contributed by atoms with E-state index in [2.05, 4.69) is 40.6 Å². The lowest BCUT2D eigenvalue weighted by molar-refractivity contribution is 0.306. The highest BCUT2D eigenvalue weighted by atomic mass is 16.5. The maximum Gasteiger partial charge on any atom is 0.124 e. The SMILES string of the molecule is COc1cc(C2NCCc3c2[nH]c2ccc(OCc4ccccc4)cc32)c(OC)cc1C. The van der Waals surface area contributed by atoms with Gasteiger partial charge in [-0.3, -0.25) is 0 Å². The van der Waals surface area contributed by atoms with Gasteiger partial charge >= 0.3 is 0 Å². The van der Waals surface area contributed by atoms with Crippen molar-refractivity contribution < 1.29 is 14.2 Å². The molecule has 5 nitrogen and oxygen atoms in total. The summed E-state index contributed by atoms with van der Waals surface area (Å²) in [6.45, 7) is 3.48. The van der Waals surface area contributed by atoms with Crippen LogP contribution in [-0.4, -0.2) is 25.7 Å². The standard InChI is InChI=1S/C27H28N2O3/c1-17-13-25(31-3)22(15-24(17)30-2)26-27-20(11-12-28-26)21-14-19(9-10-23(21)29-27)32-16-18-7-5-4-6-8-18/h4-10,13-15,26,28-29H,11-12,16H2,1-3H3. The summed E-state index contributed by atoms with van der Waals surface area (Å²) in [5, 5.41) is 4.88. The fourth-order valence-electron chi connectivity index (χ4n) is 4.60. The summed E-state index contributed by atoms with van der Waals surface area (Å²) in [4.78, 5) is 3.65. The van der Waals surface area contributed by atoms with Crippen molar-refractivity contribution in [3.8, 4) is 17.2 Å². The van der Waals surface area contributed by atoms with Gasteiger partial charge in [0.1, 0.15) is 23.9 Å². The molecule has 0 radical (unpaired) electrons. The molecular weight excluding hydrogens is 400 g/mol. The molecule has 0 saturated carbocycles. The lowest BCUT2D eigenvalue weighted by Crippen LogP contribution is -2.30. The molecule has 0 spiro atoms. The van der Waals surface area contributed by atoms with Gasteiger partial charge < -0.3 is 24.5 Å². The fraction of sp³-hybridized carbons (Fsp3) is 0.259. The molecule has 32 heavy (non-hydrogen) atoms. The zero-order valence-corrected chi connectivity index (χ0v) is 18.7. The summed E-state index contributed by atoms with van der Waals surface area (Å²) in [6, 6.07) is 20.7. The zero-order valence-electron chi connectivity index (χ0n) is 18.7. The number of hydrogen-bond acceptors (Lipinski definition) is 4. The summed E-state index contributed by atoms with van der Waals surface area (Å²) >= 11 is 0. The second-order valence-electron chi connectivity index (χ2n) is 8.20. The number of rotatable bonds is 6. The first-order valence-electron chi connectivity index (χ1n) is 10.9. The van der Waals surface area contributed by atoms with E-state index in [4.69, 9.17) is 14.2 Å². The van der Waals surface area contributed by atoms with E-state index in [1.165, 1.54) is 16.6 Å². The van der Waals surface area contributed by atoms with E-state index in [-0.39, 0.29) is 6.04 Å². The fourth-order valence-corrected chi connectivity index (χ4v) is 4.60. The molecule has 0 aliphatic carbocycles. The predicted molar refractivity (Wildman–Crippen MR) is 127 cm³/mol. The molecule has 0 fully saturated rings. The minimum Gasteiger partial charge on any atom is -0.496 e. The van der Waals surface area contributed by atoms with Crippen molar-refractivity contribution in [1.29, 1.82) is 0 Å². The smallest absolute Gasteiger partial charge is 0.124 e. The molecule has 1 unspecified atom stereocenters. The summed E-state index contributed by atoms with van der Waals surface area (Å²) in [5.41, 5.74) is 6.91. The molecule has 0 amide bonds. The monoisotopic (exact) mass is 428 g/mol. The average Bonchev–Trinajstić information content (AvgIpc) is 3.21. The molecular formula is C27H28N2O3. The number of aromatic amines is 1. The summed E-state index contributed by atoms with van der Waals surface area (Å²) < 4.78 is 17.4. The first kappa shape index (κ1) is 20.5. The number of nitrogens with one attached hydrogen (secondary N) is 2. The maximum atomic E-state index is 6.09. The van der Waals surface area contributed by atoms with Crippen LogP contribution in [-0.2, 0) is 13.0 Å². The van der Waals surface area contributed by atoms with Gasteiger partial charge in [0.05, 0.1) is 20.3 Å². The highest BCUT2D eigenvalue weighted by Crippen LogP contribution is 2.40. The Morgan fingerprint density at radius 2 is 1.75 bits per heavy atom. The van der Waals surface area contributed by atoms with Crippen molar-refractivity contribution in [2.45, 2.75) is 26.0 Å². The molecule has 0 bridgehead atoms. The summed E-state index contributed by atoms with van der Waals surface area (Å²) in [5.74, 6) is 2.61. The second-order valence-corrected chi connectivity index (χ2v) is 8.20. The van der Waals surface area contributed by atoms with Gasteiger partial charge in [0.25, 0.3) is 0 Å². The van der Waals surface area contributed by atoms with Crippen molar-refractivity contribution in [3.05, 3.63) is 88.6 Å². The van der Waals surface area contributed by atoms with E-state index in [9.17, 15) is 0 Å². The highest BCUT2D eigenvalue weighted by Gasteiger charge is 2.28. The van der Waals surface area contributed by atoms with Crippen molar-refractivity contribution in [1.82, 2.24) is 10.3 Å². The van der Waals surface area contributed by atoms with Crippen molar-refractivity contribution in [3.63, 3.8) is 0 Å². The van der Waals surface area contributed by atoms with E-state index in [1.807, 2.05) is 37.3 Å². The molecule has 5 heteroatoms. The third kappa shape index (κ3) is 3.69. The largest absolute Gasteiger partial charge is 0.496 e. The summed E-state index contributed by atoms with van der Waals surface area (Å²) in [6.07, 6.45) is 0.958. The molecule has 0 saturated heterocycles.